The maximum absolute atomic E-state index is 12.2. The first-order valence-electron chi connectivity index (χ1n) is 7.31. The molecule has 0 aliphatic rings. The van der Waals surface area contributed by atoms with Crippen molar-refractivity contribution in [3.05, 3.63) is 58.1 Å². The van der Waals surface area contributed by atoms with E-state index in [-0.39, 0.29) is 12.4 Å². The van der Waals surface area contributed by atoms with Gasteiger partial charge in [-0.3, -0.25) is 9.52 Å². The summed E-state index contributed by atoms with van der Waals surface area (Å²) >= 11 is 3.28. The number of esters is 1. The van der Waals surface area contributed by atoms with E-state index in [0.717, 1.165) is 6.26 Å². The molecule has 0 fully saturated rings. The highest BCUT2D eigenvalue weighted by atomic mass is 79.9. The molecule has 0 amide bonds. The van der Waals surface area contributed by atoms with Gasteiger partial charge in [-0.1, -0.05) is 0 Å². The summed E-state index contributed by atoms with van der Waals surface area (Å²) in [7, 11) is -2.08. The predicted octanol–water partition coefficient (Wildman–Crippen LogP) is 2.87. The first-order valence-corrected chi connectivity index (χ1v) is 10.00. The summed E-state index contributed by atoms with van der Waals surface area (Å²) in [6, 6.07) is 10.6. The largest absolute Gasteiger partial charge is 0.484 e. The van der Waals surface area contributed by atoms with E-state index in [1.165, 1.54) is 43.5 Å². The third kappa shape index (κ3) is 5.57. The minimum atomic E-state index is -3.37. The number of halogens is 1. The number of ether oxygens (including phenoxy) is 2. The third-order valence-corrected chi connectivity index (χ3v) is 4.45. The smallest absolute Gasteiger partial charge is 0.337 e. The van der Waals surface area contributed by atoms with Crippen LogP contribution in [-0.2, 0) is 14.8 Å². The molecule has 26 heavy (non-hydrogen) atoms. The van der Waals surface area contributed by atoms with Gasteiger partial charge in [-0.2, -0.15) is 0 Å². The standard InChI is InChI=1S/C17H16BrNO6S/c1-24-17(21)12-5-8-16(14(18)9-12)25-10-15(20)11-3-6-13(7-4-11)19-26(2,22)23/h3-9,19H,10H2,1-2H3. The van der Waals surface area contributed by atoms with Gasteiger partial charge >= 0.3 is 5.97 Å². The molecule has 0 unspecified atom stereocenters. The molecule has 0 aliphatic carbocycles. The number of anilines is 1. The highest BCUT2D eigenvalue weighted by Gasteiger charge is 2.12. The van der Waals surface area contributed by atoms with Crippen molar-refractivity contribution in [2.75, 3.05) is 24.7 Å². The van der Waals surface area contributed by atoms with E-state index in [4.69, 9.17) is 4.74 Å². The van der Waals surface area contributed by atoms with Crippen LogP contribution in [0.1, 0.15) is 20.7 Å². The molecular formula is C17H16BrNO6S. The second-order valence-electron chi connectivity index (χ2n) is 5.30. The van der Waals surface area contributed by atoms with Crippen LogP contribution in [0, 0.1) is 0 Å². The Hall–Kier alpha value is -2.39. The van der Waals surface area contributed by atoms with Gasteiger partial charge in [-0.05, 0) is 58.4 Å². The number of sulfonamides is 1. The molecule has 0 heterocycles. The van der Waals surface area contributed by atoms with E-state index in [2.05, 4.69) is 25.4 Å². The lowest BCUT2D eigenvalue weighted by Crippen LogP contribution is -2.13. The van der Waals surface area contributed by atoms with Crippen molar-refractivity contribution in [2.24, 2.45) is 0 Å². The minimum absolute atomic E-state index is 0.213. The average Bonchev–Trinajstić information content (AvgIpc) is 2.59. The molecule has 0 aromatic heterocycles. The average molecular weight is 442 g/mol. The predicted molar refractivity (Wildman–Crippen MR) is 100 cm³/mol. The number of carbonyl (C=O) groups excluding carboxylic acids is 2. The minimum Gasteiger partial charge on any atom is -0.484 e. The molecule has 9 heteroatoms. The maximum Gasteiger partial charge on any atom is 0.337 e. The van der Waals surface area contributed by atoms with E-state index < -0.39 is 16.0 Å². The Bertz CT molecular complexity index is 925. The highest BCUT2D eigenvalue weighted by Crippen LogP contribution is 2.26. The Morgan fingerprint density at radius 2 is 1.69 bits per heavy atom. The molecular weight excluding hydrogens is 426 g/mol. The molecule has 0 radical (unpaired) electrons. The lowest BCUT2D eigenvalue weighted by atomic mass is 10.1. The summed E-state index contributed by atoms with van der Waals surface area (Å²) in [4.78, 5) is 23.7. The van der Waals surface area contributed by atoms with E-state index in [1.54, 1.807) is 6.07 Å². The first kappa shape index (κ1) is 19.9. The zero-order valence-corrected chi connectivity index (χ0v) is 16.4. The molecule has 0 atom stereocenters. The molecule has 0 spiro atoms. The Kier molecular flexibility index (Phi) is 6.38. The van der Waals surface area contributed by atoms with Crippen LogP contribution in [0.15, 0.2) is 46.9 Å². The number of rotatable bonds is 7. The fraction of sp³-hybridized carbons (Fsp3) is 0.176. The normalized spacial score (nSPS) is 10.9. The van der Waals surface area contributed by atoms with Crippen molar-refractivity contribution in [3.8, 4) is 5.75 Å². The molecule has 0 aliphatic heterocycles. The van der Waals surface area contributed by atoms with Gasteiger partial charge in [0.2, 0.25) is 10.0 Å². The van der Waals surface area contributed by atoms with Crippen molar-refractivity contribution in [3.63, 3.8) is 0 Å². The van der Waals surface area contributed by atoms with Crippen LogP contribution in [0.25, 0.3) is 0 Å². The summed E-state index contributed by atoms with van der Waals surface area (Å²) in [5.74, 6) is -0.350. The van der Waals surface area contributed by atoms with Crippen LogP contribution >= 0.6 is 15.9 Å². The number of hydrogen-bond acceptors (Lipinski definition) is 6. The number of Topliss-reactive ketones (excluding diaryl/α,β-unsaturated/α-hetero) is 1. The van der Waals surface area contributed by atoms with Crippen molar-refractivity contribution >= 4 is 43.4 Å². The number of hydrogen-bond donors (Lipinski definition) is 1. The zero-order valence-electron chi connectivity index (χ0n) is 14.0. The van der Waals surface area contributed by atoms with Gasteiger partial charge in [0.25, 0.3) is 0 Å². The van der Waals surface area contributed by atoms with Crippen LogP contribution in [0.4, 0.5) is 5.69 Å². The molecule has 138 valence electrons. The Morgan fingerprint density at radius 3 is 2.23 bits per heavy atom. The van der Waals surface area contributed by atoms with Gasteiger partial charge in [-0.15, -0.1) is 0 Å². The van der Waals surface area contributed by atoms with Gasteiger partial charge < -0.3 is 9.47 Å². The SMILES string of the molecule is COC(=O)c1ccc(OCC(=O)c2ccc(NS(C)(=O)=O)cc2)c(Br)c1. The molecule has 1 N–H and O–H groups in total. The maximum atomic E-state index is 12.2. The van der Waals surface area contributed by atoms with Gasteiger partial charge in [0.1, 0.15) is 5.75 Å². The summed E-state index contributed by atoms with van der Waals surface area (Å²) in [6.45, 7) is -0.213. The number of nitrogens with one attached hydrogen (secondary N) is 1. The number of carbonyl (C=O) groups is 2. The van der Waals surface area contributed by atoms with Crippen molar-refractivity contribution < 1.29 is 27.5 Å². The lowest BCUT2D eigenvalue weighted by Gasteiger charge is -2.09. The summed E-state index contributed by atoms with van der Waals surface area (Å²) in [5, 5.41) is 0. The Labute approximate surface area is 159 Å². The van der Waals surface area contributed by atoms with E-state index in [9.17, 15) is 18.0 Å². The fourth-order valence-corrected chi connectivity index (χ4v) is 3.09. The third-order valence-electron chi connectivity index (χ3n) is 3.22. The number of ketones is 1. The second kappa shape index (κ2) is 8.33. The van der Waals surface area contributed by atoms with Crippen LogP contribution in [-0.4, -0.2) is 40.1 Å². The Balaban J connectivity index is 2.01. The van der Waals surface area contributed by atoms with E-state index in [0.29, 0.717) is 27.0 Å². The number of benzene rings is 2. The molecule has 2 aromatic carbocycles. The molecule has 2 rings (SSSR count). The van der Waals surface area contributed by atoms with E-state index in [1.807, 2.05) is 0 Å². The van der Waals surface area contributed by atoms with E-state index >= 15 is 0 Å². The molecule has 0 saturated heterocycles. The van der Waals surface area contributed by atoms with Gasteiger partial charge in [-0.25, -0.2) is 13.2 Å². The van der Waals surface area contributed by atoms with Crippen molar-refractivity contribution in [1.82, 2.24) is 0 Å². The van der Waals surface area contributed by atoms with Crippen LogP contribution in [0.5, 0.6) is 5.75 Å². The lowest BCUT2D eigenvalue weighted by molar-refractivity contribution is 0.0600. The summed E-state index contributed by atoms with van der Waals surface area (Å²) < 4.78 is 35.3. The summed E-state index contributed by atoms with van der Waals surface area (Å²) in [6.07, 6.45) is 1.04. The highest BCUT2D eigenvalue weighted by molar-refractivity contribution is 9.10. The van der Waals surface area contributed by atoms with Gasteiger partial charge in [0.05, 0.1) is 23.4 Å². The molecule has 0 saturated carbocycles. The van der Waals surface area contributed by atoms with Crippen LogP contribution < -0.4 is 9.46 Å². The number of methoxy groups -OCH3 is 1. The molecule has 7 nitrogen and oxygen atoms in total. The van der Waals surface area contributed by atoms with Crippen LogP contribution in [0.2, 0.25) is 0 Å². The first-order chi connectivity index (χ1) is 12.2. The van der Waals surface area contributed by atoms with Gasteiger partial charge in [0.15, 0.2) is 12.4 Å². The summed E-state index contributed by atoms with van der Waals surface area (Å²) in [5.41, 5.74) is 1.10. The van der Waals surface area contributed by atoms with Crippen molar-refractivity contribution in [2.45, 2.75) is 0 Å². The van der Waals surface area contributed by atoms with Crippen LogP contribution in [0.3, 0.4) is 0 Å². The molecule has 0 bridgehead atoms. The Morgan fingerprint density at radius 1 is 1.08 bits per heavy atom. The zero-order chi connectivity index (χ0) is 19.3. The second-order valence-corrected chi connectivity index (χ2v) is 7.90. The quantitative estimate of drug-likeness (QED) is 0.523. The monoisotopic (exact) mass is 441 g/mol. The van der Waals surface area contributed by atoms with Crippen molar-refractivity contribution in [1.29, 1.82) is 0 Å². The fourth-order valence-electron chi connectivity index (χ4n) is 2.03. The molecule has 2 aromatic rings. The topological polar surface area (TPSA) is 98.8 Å². The van der Waals surface area contributed by atoms with Gasteiger partial charge in [0, 0.05) is 11.3 Å².